The lowest BCUT2D eigenvalue weighted by atomic mass is 10.1. The van der Waals surface area contributed by atoms with E-state index < -0.39 is 6.61 Å². The zero-order chi connectivity index (χ0) is 18.5. The summed E-state index contributed by atoms with van der Waals surface area (Å²) in [6.45, 7) is 0.162. The van der Waals surface area contributed by atoms with Gasteiger partial charge in [-0.25, -0.2) is 4.98 Å². The number of carbonyl (C=O) groups excluding carboxylic acids is 1. The minimum Gasteiger partial charge on any atom is -0.434 e. The van der Waals surface area contributed by atoms with Gasteiger partial charge in [-0.15, -0.1) is 0 Å². The Hall–Kier alpha value is -2.25. The van der Waals surface area contributed by atoms with E-state index >= 15 is 0 Å². The summed E-state index contributed by atoms with van der Waals surface area (Å²) >= 11 is 5.78. The van der Waals surface area contributed by atoms with Gasteiger partial charge in [-0.3, -0.25) is 9.69 Å². The number of carbonyl (C=O) groups is 1. The monoisotopic (exact) mass is 381 g/mol. The molecule has 0 N–H and O–H groups in total. The molecule has 0 bridgehead atoms. The molecule has 0 unspecified atom stereocenters. The zero-order valence-corrected chi connectivity index (χ0v) is 14.7. The number of benzene rings is 1. The van der Waals surface area contributed by atoms with Crippen LogP contribution in [0.3, 0.4) is 0 Å². The minimum atomic E-state index is -2.96. The second kappa shape index (κ2) is 8.42. The van der Waals surface area contributed by atoms with Crippen LogP contribution in [0.15, 0.2) is 42.6 Å². The van der Waals surface area contributed by atoms with E-state index in [1.165, 1.54) is 12.1 Å². The number of hydrogen-bond acceptors (Lipinski definition) is 4. The first-order valence-electron chi connectivity index (χ1n) is 8.19. The van der Waals surface area contributed by atoms with Crippen molar-refractivity contribution in [3.05, 3.63) is 58.9 Å². The summed E-state index contributed by atoms with van der Waals surface area (Å²) in [5.41, 5.74) is 1.20. The van der Waals surface area contributed by atoms with Crippen LogP contribution in [0.2, 0.25) is 5.15 Å². The lowest BCUT2D eigenvalue weighted by Gasteiger charge is -2.35. The zero-order valence-electron chi connectivity index (χ0n) is 13.9. The highest BCUT2D eigenvalue weighted by Gasteiger charge is 2.25. The number of pyridine rings is 1. The fourth-order valence-corrected chi connectivity index (χ4v) is 2.99. The molecule has 1 saturated heterocycles. The molecule has 26 heavy (non-hydrogen) atoms. The van der Waals surface area contributed by atoms with E-state index in [1.54, 1.807) is 29.3 Å². The molecule has 2 heterocycles. The van der Waals surface area contributed by atoms with E-state index in [0.717, 1.165) is 12.1 Å². The molecule has 1 aliphatic heterocycles. The summed E-state index contributed by atoms with van der Waals surface area (Å²) in [7, 11) is 0. The fraction of sp³-hybridized carbons (Fsp3) is 0.333. The van der Waals surface area contributed by atoms with Gasteiger partial charge in [-0.05, 0) is 23.8 Å². The lowest BCUT2D eigenvalue weighted by molar-refractivity contribution is -0.0503. The van der Waals surface area contributed by atoms with Crippen LogP contribution < -0.4 is 4.74 Å². The summed E-state index contributed by atoms with van der Waals surface area (Å²) in [4.78, 5) is 20.6. The van der Waals surface area contributed by atoms with Crippen LogP contribution in [-0.2, 0) is 6.54 Å². The number of amides is 1. The van der Waals surface area contributed by atoms with Gasteiger partial charge < -0.3 is 9.64 Å². The number of aromatic nitrogens is 1. The van der Waals surface area contributed by atoms with E-state index in [0.29, 0.717) is 31.3 Å². The van der Waals surface area contributed by atoms with E-state index in [-0.39, 0.29) is 17.2 Å². The molecular formula is C18H18ClF2N3O2. The number of alkyl halides is 2. The standard InChI is InChI=1S/C18H18ClF2N3O2/c19-16-6-5-13(11-22-16)12-23-7-9-24(10-8-23)17(25)14-3-1-2-4-15(14)26-18(20)21/h1-6,11,18H,7-10,12H2. The molecule has 1 amide bonds. The highest BCUT2D eigenvalue weighted by Crippen LogP contribution is 2.22. The molecule has 0 spiro atoms. The quantitative estimate of drug-likeness (QED) is 0.745. The molecule has 8 heteroatoms. The number of halogens is 3. The SMILES string of the molecule is O=C(c1ccccc1OC(F)F)N1CCN(Cc2ccc(Cl)nc2)CC1. The second-order valence-electron chi connectivity index (χ2n) is 5.93. The molecule has 138 valence electrons. The Kier molecular flexibility index (Phi) is 6.00. The molecule has 1 aliphatic rings. The molecule has 0 saturated carbocycles. The Labute approximate surface area is 155 Å². The normalized spacial score (nSPS) is 15.3. The molecule has 0 atom stereocenters. The maximum absolute atomic E-state index is 12.7. The van der Waals surface area contributed by atoms with Crippen LogP contribution in [0.25, 0.3) is 0 Å². The summed E-state index contributed by atoms with van der Waals surface area (Å²) in [6.07, 6.45) is 1.73. The number of rotatable bonds is 5. The third-order valence-corrected chi connectivity index (χ3v) is 4.41. The number of nitrogens with zero attached hydrogens (tertiary/aromatic N) is 3. The Morgan fingerprint density at radius 2 is 1.88 bits per heavy atom. The Bertz CT molecular complexity index is 750. The average Bonchev–Trinajstić information content (AvgIpc) is 2.64. The summed E-state index contributed by atoms with van der Waals surface area (Å²) in [5, 5.41) is 0.453. The van der Waals surface area contributed by atoms with Gasteiger partial charge in [0.25, 0.3) is 5.91 Å². The number of para-hydroxylation sites is 1. The molecule has 1 aromatic heterocycles. The van der Waals surface area contributed by atoms with Crippen molar-refractivity contribution >= 4 is 17.5 Å². The predicted molar refractivity (Wildman–Crippen MR) is 93.5 cm³/mol. The van der Waals surface area contributed by atoms with E-state index in [2.05, 4.69) is 14.6 Å². The average molecular weight is 382 g/mol. The van der Waals surface area contributed by atoms with Crippen molar-refractivity contribution in [1.29, 1.82) is 0 Å². The van der Waals surface area contributed by atoms with Crippen LogP contribution in [-0.4, -0.2) is 53.5 Å². The molecule has 0 aliphatic carbocycles. The van der Waals surface area contributed by atoms with Gasteiger partial charge in [0.15, 0.2) is 0 Å². The van der Waals surface area contributed by atoms with E-state index in [1.807, 2.05) is 6.07 Å². The first-order chi connectivity index (χ1) is 12.5. The van der Waals surface area contributed by atoms with Crippen LogP contribution in [0.4, 0.5) is 8.78 Å². The smallest absolute Gasteiger partial charge is 0.387 e. The predicted octanol–water partition coefficient (Wildman–Crippen LogP) is 3.29. The van der Waals surface area contributed by atoms with E-state index in [9.17, 15) is 13.6 Å². The van der Waals surface area contributed by atoms with Crippen molar-refractivity contribution in [2.24, 2.45) is 0 Å². The fourth-order valence-electron chi connectivity index (χ4n) is 2.88. The lowest BCUT2D eigenvalue weighted by Crippen LogP contribution is -2.48. The van der Waals surface area contributed by atoms with Gasteiger partial charge >= 0.3 is 6.61 Å². The molecule has 1 aromatic carbocycles. The number of piperazine rings is 1. The molecule has 3 rings (SSSR count). The van der Waals surface area contributed by atoms with Gasteiger partial charge in [0, 0.05) is 38.9 Å². The molecule has 2 aromatic rings. The first-order valence-corrected chi connectivity index (χ1v) is 8.56. The van der Waals surface area contributed by atoms with Gasteiger partial charge in [-0.1, -0.05) is 29.8 Å². The maximum atomic E-state index is 12.7. The van der Waals surface area contributed by atoms with Crippen molar-refractivity contribution in [3.63, 3.8) is 0 Å². The largest absolute Gasteiger partial charge is 0.434 e. The van der Waals surface area contributed by atoms with Gasteiger partial charge in [0.1, 0.15) is 10.9 Å². The maximum Gasteiger partial charge on any atom is 0.387 e. The highest BCUT2D eigenvalue weighted by atomic mass is 35.5. The summed E-state index contributed by atoms with van der Waals surface area (Å²) < 4.78 is 29.5. The Balaban J connectivity index is 1.59. The highest BCUT2D eigenvalue weighted by molar-refractivity contribution is 6.29. The van der Waals surface area contributed by atoms with Crippen molar-refractivity contribution in [2.75, 3.05) is 26.2 Å². The minimum absolute atomic E-state index is 0.0952. The Morgan fingerprint density at radius 1 is 1.15 bits per heavy atom. The molecule has 5 nitrogen and oxygen atoms in total. The molecule has 0 radical (unpaired) electrons. The van der Waals surface area contributed by atoms with Crippen molar-refractivity contribution < 1.29 is 18.3 Å². The number of hydrogen-bond donors (Lipinski definition) is 0. The summed E-state index contributed by atoms with van der Waals surface area (Å²) in [6, 6.07) is 9.75. The third-order valence-electron chi connectivity index (χ3n) is 4.19. The van der Waals surface area contributed by atoms with E-state index in [4.69, 9.17) is 11.6 Å². The first kappa shape index (κ1) is 18.5. The van der Waals surface area contributed by atoms with Crippen molar-refractivity contribution in [3.8, 4) is 5.75 Å². The summed E-state index contributed by atoms with van der Waals surface area (Å²) in [5.74, 6) is -0.392. The van der Waals surface area contributed by atoms with Gasteiger partial charge in [0.05, 0.1) is 5.56 Å². The Morgan fingerprint density at radius 3 is 2.54 bits per heavy atom. The van der Waals surface area contributed by atoms with Crippen LogP contribution in [0.1, 0.15) is 15.9 Å². The van der Waals surface area contributed by atoms with Crippen LogP contribution in [0.5, 0.6) is 5.75 Å². The van der Waals surface area contributed by atoms with Crippen molar-refractivity contribution in [2.45, 2.75) is 13.2 Å². The molecular weight excluding hydrogens is 364 g/mol. The third kappa shape index (κ3) is 4.68. The van der Waals surface area contributed by atoms with Gasteiger partial charge in [0.2, 0.25) is 0 Å². The van der Waals surface area contributed by atoms with Crippen LogP contribution >= 0.6 is 11.6 Å². The topological polar surface area (TPSA) is 45.7 Å². The van der Waals surface area contributed by atoms with Gasteiger partial charge in [-0.2, -0.15) is 8.78 Å². The second-order valence-corrected chi connectivity index (χ2v) is 6.32. The van der Waals surface area contributed by atoms with Crippen LogP contribution in [0, 0.1) is 0 Å². The molecule has 1 fully saturated rings. The van der Waals surface area contributed by atoms with Crippen molar-refractivity contribution in [1.82, 2.24) is 14.8 Å². The number of ether oxygens (including phenoxy) is 1.